The predicted octanol–water partition coefficient (Wildman–Crippen LogP) is 2.87. The summed E-state index contributed by atoms with van der Waals surface area (Å²) in [6.45, 7) is 6.38. The number of piperidine rings is 1. The molecule has 1 aliphatic heterocycles. The molecule has 5 heteroatoms. The summed E-state index contributed by atoms with van der Waals surface area (Å²) in [5, 5.41) is 6.34. The molecule has 0 aromatic heterocycles. The second kappa shape index (κ2) is 9.70. The number of hydrogen-bond donors (Lipinski definition) is 2. The third-order valence-electron chi connectivity index (χ3n) is 4.13. The standard InChI is InChI=1S/C17H26N2O2.ClH/c1-3-13(2)15-6-4-5-7-16(15)21-12-17(20)19-14-8-10-18-11-9-14;/h4-7,13-14,18H,3,8-12H2,1-2H3,(H,19,20);1H. The average Bonchev–Trinajstić information content (AvgIpc) is 2.53. The summed E-state index contributed by atoms with van der Waals surface area (Å²) in [7, 11) is 0. The molecule has 22 heavy (non-hydrogen) atoms. The highest BCUT2D eigenvalue weighted by Crippen LogP contribution is 2.28. The first-order chi connectivity index (χ1) is 10.2. The number of benzene rings is 1. The van der Waals surface area contributed by atoms with Crippen LogP contribution in [0.4, 0.5) is 0 Å². The number of halogens is 1. The Morgan fingerprint density at radius 3 is 2.73 bits per heavy atom. The molecule has 1 aliphatic rings. The molecule has 0 radical (unpaired) electrons. The molecule has 1 heterocycles. The van der Waals surface area contributed by atoms with Gasteiger partial charge in [-0.3, -0.25) is 4.79 Å². The number of para-hydroxylation sites is 1. The van der Waals surface area contributed by atoms with E-state index in [0.717, 1.165) is 38.1 Å². The van der Waals surface area contributed by atoms with Gasteiger partial charge in [-0.25, -0.2) is 0 Å². The van der Waals surface area contributed by atoms with E-state index in [2.05, 4.69) is 30.5 Å². The summed E-state index contributed by atoms with van der Waals surface area (Å²) in [6.07, 6.45) is 3.05. The Labute approximate surface area is 139 Å². The van der Waals surface area contributed by atoms with Gasteiger partial charge in [0.05, 0.1) is 0 Å². The fourth-order valence-corrected chi connectivity index (χ4v) is 2.62. The van der Waals surface area contributed by atoms with Crippen LogP contribution >= 0.6 is 12.4 Å². The van der Waals surface area contributed by atoms with E-state index in [-0.39, 0.29) is 31.0 Å². The maximum absolute atomic E-state index is 12.0. The van der Waals surface area contributed by atoms with Crippen molar-refractivity contribution in [1.29, 1.82) is 0 Å². The molecule has 1 saturated heterocycles. The molecule has 1 aromatic rings. The van der Waals surface area contributed by atoms with Crippen molar-refractivity contribution < 1.29 is 9.53 Å². The number of rotatable bonds is 6. The molecule has 2 N–H and O–H groups in total. The Morgan fingerprint density at radius 2 is 2.05 bits per heavy atom. The number of nitrogens with one attached hydrogen (secondary N) is 2. The molecular weight excluding hydrogens is 300 g/mol. The first-order valence-electron chi connectivity index (χ1n) is 7.92. The number of ether oxygens (including phenoxy) is 1. The minimum atomic E-state index is -0.0270. The van der Waals surface area contributed by atoms with Crippen LogP contribution in [-0.2, 0) is 4.79 Å². The van der Waals surface area contributed by atoms with Gasteiger partial charge in [-0.05, 0) is 49.9 Å². The van der Waals surface area contributed by atoms with Gasteiger partial charge in [-0.2, -0.15) is 0 Å². The van der Waals surface area contributed by atoms with E-state index < -0.39 is 0 Å². The van der Waals surface area contributed by atoms with E-state index in [4.69, 9.17) is 4.74 Å². The Hall–Kier alpha value is -1.26. The van der Waals surface area contributed by atoms with Crippen LogP contribution in [0.2, 0.25) is 0 Å². The van der Waals surface area contributed by atoms with Crippen LogP contribution in [-0.4, -0.2) is 31.6 Å². The summed E-state index contributed by atoms with van der Waals surface area (Å²) in [6, 6.07) is 8.27. The topological polar surface area (TPSA) is 50.4 Å². The SMILES string of the molecule is CCC(C)c1ccccc1OCC(=O)NC1CCNCC1.Cl. The van der Waals surface area contributed by atoms with Gasteiger partial charge in [0.25, 0.3) is 5.91 Å². The van der Waals surface area contributed by atoms with E-state index in [1.807, 2.05) is 18.2 Å². The number of amides is 1. The normalized spacial score (nSPS) is 16.5. The van der Waals surface area contributed by atoms with Crippen molar-refractivity contribution in [2.75, 3.05) is 19.7 Å². The largest absolute Gasteiger partial charge is 0.483 e. The van der Waals surface area contributed by atoms with Crippen LogP contribution < -0.4 is 15.4 Å². The first kappa shape index (κ1) is 18.8. The van der Waals surface area contributed by atoms with Crippen molar-refractivity contribution in [2.45, 2.75) is 45.1 Å². The molecule has 1 unspecified atom stereocenters. The highest BCUT2D eigenvalue weighted by Gasteiger charge is 2.16. The van der Waals surface area contributed by atoms with Crippen LogP contribution in [0.1, 0.15) is 44.6 Å². The van der Waals surface area contributed by atoms with Gasteiger partial charge in [0.15, 0.2) is 6.61 Å². The summed E-state index contributed by atoms with van der Waals surface area (Å²) in [4.78, 5) is 12.0. The lowest BCUT2D eigenvalue weighted by molar-refractivity contribution is -0.124. The maximum Gasteiger partial charge on any atom is 0.258 e. The third-order valence-corrected chi connectivity index (χ3v) is 4.13. The van der Waals surface area contributed by atoms with Gasteiger partial charge >= 0.3 is 0 Å². The van der Waals surface area contributed by atoms with Crippen molar-refractivity contribution in [3.63, 3.8) is 0 Å². The van der Waals surface area contributed by atoms with Gasteiger partial charge in [0.2, 0.25) is 0 Å². The van der Waals surface area contributed by atoms with Crippen molar-refractivity contribution in [3.8, 4) is 5.75 Å². The van der Waals surface area contributed by atoms with Gasteiger partial charge in [-0.15, -0.1) is 12.4 Å². The molecule has 1 fully saturated rings. The molecule has 1 aromatic carbocycles. The zero-order valence-electron chi connectivity index (χ0n) is 13.4. The van der Waals surface area contributed by atoms with Crippen molar-refractivity contribution in [1.82, 2.24) is 10.6 Å². The third kappa shape index (κ3) is 5.50. The lowest BCUT2D eigenvalue weighted by Gasteiger charge is -2.23. The van der Waals surface area contributed by atoms with Crippen molar-refractivity contribution >= 4 is 18.3 Å². The van der Waals surface area contributed by atoms with Gasteiger partial charge in [0, 0.05) is 6.04 Å². The first-order valence-corrected chi connectivity index (χ1v) is 7.92. The van der Waals surface area contributed by atoms with Crippen LogP contribution in [0.5, 0.6) is 5.75 Å². The minimum absolute atomic E-state index is 0. The minimum Gasteiger partial charge on any atom is -0.483 e. The second-order valence-corrected chi connectivity index (χ2v) is 5.73. The highest BCUT2D eigenvalue weighted by molar-refractivity contribution is 5.85. The van der Waals surface area contributed by atoms with Gasteiger partial charge in [-0.1, -0.05) is 32.0 Å². The molecular formula is C17H27ClN2O2. The van der Waals surface area contributed by atoms with Crippen molar-refractivity contribution in [3.05, 3.63) is 29.8 Å². The Bertz CT molecular complexity index is 462. The molecule has 0 saturated carbocycles. The zero-order chi connectivity index (χ0) is 15.1. The summed E-state index contributed by atoms with van der Waals surface area (Å²) < 4.78 is 5.74. The van der Waals surface area contributed by atoms with Crippen molar-refractivity contribution in [2.24, 2.45) is 0 Å². The van der Waals surface area contributed by atoms with Crippen LogP contribution in [0.25, 0.3) is 0 Å². The maximum atomic E-state index is 12.0. The number of carbonyl (C=O) groups is 1. The number of hydrogen-bond acceptors (Lipinski definition) is 3. The Kier molecular flexibility index (Phi) is 8.28. The molecule has 2 rings (SSSR count). The molecule has 124 valence electrons. The van der Waals surface area contributed by atoms with E-state index in [9.17, 15) is 4.79 Å². The van der Waals surface area contributed by atoms with Gasteiger partial charge < -0.3 is 15.4 Å². The van der Waals surface area contributed by atoms with E-state index in [1.165, 1.54) is 5.56 Å². The fourth-order valence-electron chi connectivity index (χ4n) is 2.62. The molecule has 4 nitrogen and oxygen atoms in total. The van der Waals surface area contributed by atoms with Crippen LogP contribution in [0.15, 0.2) is 24.3 Å². The lowest BCUT2D eigenvalue weighted by atomic mass is 9.98. The summed E-state index contributed by atoms with van der Waals surface area (Å²) >= 11 is 0. The lowest BCUT2D eigenvalue weighted by Crippen LogP contribution is -2.44. The van der Waals surface area contributed by atoms with E-state index in [0.29, 0.717) is 5.92 Å². The molecule has 0 bridgehead atoms. The number of carbonyl (C=O) groups excluding carboxylic acids is 1. The smallest absolute Gasteiger partial charge is 0.258 e. The highest BCUT2D eigenvalue weighted by atomic mass is 35.5. The fraction of sp³-hybridized carbons (Fsp3) is 0.588. The Balaban J connectivity index is 0.00000242. The molecule has 1 amide bonds. The van der Waals surface area contributed by atoms with E-state index in [1.54, 1.807) is 0 Å². The zero-order valence-corrected chi connectivity index (χ0v) is 14.2. The monoisotopic (exact) mass is 326 g/mol. The summed E-state index contributed by atoms with van der Waals surface area (Å²) in [5.74, 6) is 1.24. The average molecular weight is 327 g/mol. The quantitative estimate of drug-likeness (QED) is 0.845. The predicted molar refractivity (Wildman–Crippen MR) is 91.9 cm³/mol. The molecule has 0 aliphatic carbocycles. The molecule has 1 atom stereocenters. The second-order valence-electron chi connectivity index (χ2n) is 5.73. The molecule has 0 spiro atoms. The van der Waals surface area contributed by atoms with E-state index >= 15 is 0 Å². The van der Waals surface area contributed by atoms with Crippen LogP contribution in [0, 0.1) is 0 Å². The van der Waals surface area contributed by atoms with Crippen LogP contribution in [0.3, 0.4) is 0 Å². The Morgan fingerprint density at radius 1 is 1.36 bits per heavy atom. The summed E-state index contributed by atoms with van der Waals surface area (Å²) in [5.41, 5.74) is 1.18. The van der Waals surface area contributed by atoms with Gasteiger partial charge in [0.1, 0.15) is 5.75 Å².